The molecule has 4 rings (SSSR count). The first kappa shape index (κ1) is 15.9. The first-order valence-electron chi connectivity index (χ1n) is 9.40. The fourth-order valence-electron chi connectivity index (χ4n) is 4.38. The molecule has 3 fully saturated rings. The summed E-state index contributed by atoms with van der Waals surface area (Å²) in [6.45, 7) is 1.29. The van der Waals surface area contributed by atoms with Crippen molar-refractivity contribution in [1.82, 2.24) is 19.8 Å². The maximum absolute atomic E-state index is 12.8. The van der Waals surface area contributed by atoms with Gasteiger partial charge in [-0.2, -0.15) is 0 Å². The van der Waals surface area contributed by atoms with Gasteiger partial charge in [0.1, 0.15) is 0 Å². The van der Waals surface area contributed by atoms with Gasteiger partial charge < -0.3 is 20.5 Å². The fraction of sp³-hybridized carbons (Fsp3) is 0.778. The first-order valence-corrected chi connectivity index (χ1v) is 9.40. The molecule has 6 nitrogen and oxygen atoms in total. The number of urea groups is 1. The topological polar surface area (TPSA) is 76.2 Å². The third-order valence-electron chi connectivity index (χ3n) is 6.36. The molecule has 2 aliphatic carbocycles. The van der Waals surface area contributed by atoms with Crippen LogP contribution >= 0.6 is 0 Å². The smallest absolute Gasteiger partial charge is 0.317 e. The zero-order valence-electron chi connectivity index (χ0n) is 14.5. The minimum absolute atomic E-state index is 0.0310. The highest BCUT2D eigenvalue weighted by molar-refractivity contribution is 5.75. The molecule has 0 aromatic carbocycles. The Morgan fingerprint density at radius 3 is 2.42 bits per heavy atom. The number of carbonyl (C=O) groups is 1. The van der Waals surface area contributed by atoms with Crippen molar-refractivity contribution in [1.29, 1.82) is 0 Å². The molecule has 2 amide bonds. The van der Waals surface area contributed by atoms with E-state index in [1.165, 1.54) is 38.5 Å². The number of rotatable bonds is 4. The summed E-state index contributed by atoms with van der Waals surface area (Å²) in [5, 5.41) is 3.37. The molecule has 24 heavy (non-hydrogen) atoms. The molecule has 1 saturated heterocycles. The second-order valence-electron chi connectivity index (χ2n) is 8.00. The van der Waals surface area contributed by atoms with Crippen molar-refractivity contribution < 1.29 is 4.79 Å². The Kier molecular flexibility index (Phi) is 4.24. The quantitative estimate of drug-likeness (QED) is 0.884. The van der Waals surface area contributed by atoms with Crippen LogP contribution in [0.4, 0.5) is 4.79 Å². The van der Waals surface area contributed by atoms with Crippen molar-refractivity contribution in [2.75, 3.05) is 13.1 Å². The number of hydrogen-bond acceptors (Lipinski definition) is 3. The van der Waals surface area contributed by atoms with E-state index in [1.807, 2.05) is 22.7 Å². The van der Waals surface area contributed by atoms with Crippen molar-refractivity contribution in [3.8, 4) is 0 Å². The number of imidazole rings is 1. The molecule has 2 atom stereocenters. The van der Waals surface area contributed by atoms with Gasteiger partial charge in [0, 0.05) is 44.3 Å². The maximum atomic E-state index is 12.8. The Labute approximate surface area is 143 Å². The summed E-state index contributed by atoms with van der Waals surface area (Å²) < 4.78 is 1.94. The monoisotopic (exact) mass is 331 g/mol. The van der Waals surface area contributed by atoms with Gasteiger partial charge in [0.25, 0.3) is 0 Å². The number of amides is 2. The molecule has 1 aliphatic heterocycles. The minimum atomic E-state index is -0.0310. The number of nitrogens with zero attached hydrogens (tertiary/aromatic N) is 3. The lowest BCUT2D eigenvalue weighted by molar-refractivity contribution is 0.119. The third-order valence-corrected chi connectivity index (χ3v) is 6.36. The summed E-state index contributed by atoms with van der Waals surface area (Å²) in [4.78, 5) is 19.1. The number of likely N-dealkylation sites (tertiary alicyclic amines) is 1. The highest BCUT2D eigenvalue weighted by Crippen LogP contribution is 2.40. The summed E-state index contributed by atoms with van der Waals surface area (Å²) in [5.41, 5.74) is 7.30. The highest BCUT2D eigenvalue weighted by Gasteiger charge is 2.40. The predicted octanol–water partition coefficient (Wildman–Crippen LogP) is 1.82. The van der Waals surface area contributed by atoms with Gasteiger partial charge in [0.05, 0.1) is 12.0 Å². The summed E-state index contributed by atoms with van der Waals surface area (Å²) in [6, 6.07) is 0.425. The Morgan fingerprint density at radius 2 is 1.92 bits per heavy atom. The number of nitrogens with one attached hydrogen (secondary N) is 1. The van der Waals surface area contributed by atoms with Crippen LogP contribution in [-0.2, 0) is 7.05 Å². The molecule has 1 aromatic rings. The standard InChI is InChI=1S/C18H29N5O/c1-22-10-16(20-11-22)14-8-23(9-15(14)19)18(24)21-17(12-4-2-5-12)13-6-3-7-13/h10-15,17H,2-9,19H2,1H3,(H,21,24)/t14-,15-/m1/s1. The minimum Gasteiger partial charge on any atom is -0.340 e. The number of nitrogens with two attached hydrogens (primary N) is 1. The van der Waals surface area contributed by atoms with Crippen molar-refractivity contribution in [3.63, 3.8) is 0 Å². The molecule has 1 aromatic heterocycles. The van der Waals surface area contributed by atoms with Gasteiger partial charge in [0.2, 0.25) is 0 Å². The number of aromatic nitrogens is 2. The fourth-order valence-corrected chi connectivity index (χ4v) is 4.38. The Balaban J connectivity index is 1.39. The van der Waals surface area contributed by atoms with Gasteiger partial charge in [0.15, 0.2) is 0 Å². The van der Waals surface area contributed by atoms with Crippen LogP contribution in [0.1, 0.15) is 50.1 Å². The SMILES string of the molecule is Cn1cnc([C@@H]2CN(C(=O)NC(C3CCC3)C3CCC3)C[C@H]2N)c1. The van der Waals surface area contributed by atoms with Crippen LogP contribution in [0.2, 0.25) is 0 Å². The average molecular weight is 331 g/mol. The molecular formula is C18H29N5O. The lowest BCUT2D eigenvalue weighted by Gasteiger charge is -2.43. The molecular weight excluding hydrogens is 302 g/mol. The molecule has 0 bridgehead atoms. The van der Waals surface area contributed by atoms with Gasteiger partial charge >= 0.3 is 6.03 Å². The molecule has 2 saturated carbocycles. The molecule has 132 valence electrons. The Hall–Kier alpha value is -1.56. The van der Waals surface area contributed by atoms with E-state index in [4.69, 9.17) is 5.73 Å². The van der Waals surface area contributed by atoms with E-state index >= 15 is 0 Å². The van der Waals surface area contributed by atoms with Crippen LogP contribution < -0.4 is 11.1 Å². The van der Waals surface area contributed by atoms with Crippen LogP contribution in [0.5, 0.6) is 0 Å². The van der Waals surface area contributed by atoms with E-state index < -0.39 is 0 Å². The second-order valence-corrected chi connectivity index (χ2v) is 8.00. The second kappa shape index (κ2) is 6.39. The van der Waals surface area contributed by atoms with Gasteiger partial charge in [-0.05, 0) is 37.5 Å². The van der Waals surface area contributed by atoms with E-state index in [2.05, 4.69) is 10.3 Å². The van der Waals surface area contributed by atoms with Crippen LogP contribution in [0.15, 0.2) is 12.5 Å². The Morgan fingerprint density at radius 1 is 1.25 bits per heavy atom. The molecule has 3 N–H and O–H groups in total. The molecule has 0 unspecified atom stereocenters. The van der Waals surface area contributed by atoms with Crippen molar-refractivity contribution in [3.05, 3.63) is 18.2 Å². The molecule has 2 heterocycles. The number of hydrogen-bond donors (Lipinski definition) is 2. The predicted molar refractivity (Wildman–Crippen MR) is 92.5 cm³/mol. The maximum Gasteiger partial charge on any atom is 0.317 e. The normalized spacial score (nSPS) is 28.0. The average Bonchev–Trinajstić information content (AvgIpc) is 3.00. The Bertz CT molecular complexity index is 578. The molecule has 0 radical (unpaired) electrons. The zero-order valence-corrected chi connectivity index (χ0v) is 14.5. The lowest BCUT2D eigenvalue weighted by atomic mass is 9.68. The summed E-state index contributed by atoms with van der Waals surface area (Å²) in [6.07, 6.45) is 11.6. The lowest BCUT2D eigenvalue weighted by Crippen LogP contribution is -2.53. The van der Waals surface area contributed by atoms with Gasteiger partial charge in [-0.25, -0.2) is 9.78 Å². The van der Waals surface area contributed by atoms with E-state index in [-0.39, 0.29) is 18.0 Å². The molecule has 0 spiro atoms. The van der Waals surface area contributed by atoms with Crippen LogP contribution in [0.3, 0.4) is 0 Å². The van der Waals surface area contributed by atoms with Gasteiger partial charge in [-0.1, -0.05) is 12.8 Å². The number of aryl methyl sites for hydroxylation is 1. The van der Waals surface area contributed by atoms with Gasteiger partial charge in [-0.15, -0.1) is 0 Å². The van der Waals surface area contributed by atoms with Gasteiger partial charge in [-0.3, -0.25) is 0 Å². The van der Waals surface area contributed by atoms with Crippen LogP contribution in [-0.4, -0.2) is 45.7 Å². The van der Waals surface area contributed by atoms with Crippen molar-refractivity contribution in [2.45, 2.75) is 56.5 Å². The van der Waals surface area contributed by atoms with E-state index in [0.29, 0.717) is 31.0 Å². The van der Waals surface area contributed by atoms with Crippen molar-refractivity contribution in [2.24, 2.45) is 24.6 Å². The summed E-state index contributed by atoms with van der Waals surface area (Å²) in [7, 11) is 1.96. The van der Waals surface area contributed by atoms with Crippen LogP contribution in [0.25, 0.3) is 0 Å². The molecule has 6 heteroatoms. The summed E-state index contributed by atoms with van der Waals surface area (Å²) >= 11 is 0. The highest BCUT2D eigenvalue weighted by atomic mass is 16.2. The first-order chi connectivity index (χ1) is 11.6. The van der Waals surface area contributed by atoms with E-state index in [1.54, 1.807) is 6.33 Å². The largest absolute Gasteiger partial charge is 0.340 e. The number of carbonyl (C=O) groups excluding carboxylic acids is 1. The van der Waals surface area contributed by atoms with E-state index in [0.717, 1.165) is 5.69 Å². The molecule has 3 aliphatic rings. The van der Waals surface area contributed by atoms with E-state index in [9.17, 15) is 4.79 Å². The summed E-state index contributed by atoms with van der Waals surface area (Å²) in [5.74, 6) is 1.53. The van der Waals surface area contributed by atoms with Crippen LogP contribution in [0, 0.1) is 11.8 Å². The zero-order chi connectivity index (χ0) is 16.7. The van der Waals surface area contributed by atoms with Crippen molar-refractivity contribution >= 4 is 6.03 Å². The third kappa shape index (κ3) is 2.92.